The molecule has 8 nitrogen and oxygen atoms in total. The first kappa shape index (κ1) is 18.4. The van der Waals surface area contributed by atoms with E-state index < -0.39 is 11.8 Å². The summed E-state index contributed by atoms with van der Waals surface area (Å²) in [5.41, 5.74) is 1.56. The predicted molar refractivity (Wildman–Crippen MR) is 99.6 cm³/mol. The van der Waals surface area contributed by atoms with Crippen LogP contribution < -0.4 is 16.4 Å². The van der Waals surface area contributed by atoms with Crippen LogP contribution in [-0.2, 0) is 4.79 Å². The number of amides is 2. The number of rotatable bonds is 5. The Bertz CT molecular complexity index is 1010. The molecule has 0 aliphatic rings. The normalized spacial score (nSPS) is 11.6. The molecular formula is C18H15ClN4O4. The van der Waals surface area contributed by atoms with Crippen molar-refractivity contribution in [2.75, 3.05) is 5.32 Å². The lowest BCUT2D eigenvalue weighted by molar-refractivity contribution is -0.117. The first-order valence-electron chi connectivity index (χ1n) is 7.96. The predicted octanol–water partition coefficient (Wildman–Crippen LogP) is 2.44. The zero-order chi connectivity index (χ0) is 19.4. The molecule has 1 heterocycles. The van der Waals surface area contributed by atoms with E-state index in [4.69, 9.17) is 11.6 Å². The second-order valence-electron chi connectivity index (χ2n) is 5.71. The van der Waals surface area contributed by atoms with Gasteiger partial charge in [-0.25, -0.2) is 4.79 Å². The third-order valence-corrected chi connectivity index (χ3v) is 3.97. The van der Waals surface area contributed by atoms with Crippen LogP contribution in [0.15, 0.2) is 57.8 Å². The maximum atomic E-state index is 12.3. The minimum Gasteiger partial charge on any atom is -0.341 e. The largest absolute Gasteiger partial charge is 0.439 e. The van der Waals surface area contributed by atoms with E-state index in [-0.39, 0.29) is 11.8 Å². The van der Waals surface area contributed by atoms with Gasteiger partial charge in [0.1, 0.15) is 6.04 Å². The van der Waals surface area contributed by atoms with Crippen molar-refractivity contribution in [2.45, 2.75) is 13.0 Å². The van der Waals surface area contributed by atoms with Crippen molar-refractivity contribution < 1.29 is 14.1 Å². The Morgan fingerprint density at radius 2 is 1.78 bits per heavy atom. The average Bonchev–Trinajstić information content (AvgIpc) is 3.09. The quantitative estimate of drug-likeness (QED) is 0.622. The summed E-state index contributed by atoms with van der Waals surface area (Å²) in [5.74, 6) is -1.10. The van der Waals surface area contributed by atoms with Crippen molar-refractivity contribution in [1.29, 1.82) is 0 Å². The van der Waals surface area contributed by atoms with E-state index in [9.17, 15) is 14.4 Å². The molecular weight excluding hydrogens is 372 g/mol. The fourth-order valence-electron chi connectivity index (χ4n) is 2.26. The Labute approximate surface area is 158 Å². The van der Waals surface area contributed by atoms with Crippen molar-refractivity contribution in [2.24, 2.45) is 0 Å². The molecule has 0 spiro atoms. The van der Waals surface area contributed by atoms with Gasteiger partial charge in [0.05, 0.1) is 0 Å². The van der Waals surface area contributed by atoms with Crippen LogP contribution in [0.3, 0.4) is 0 Å². The van der Waals surface area contributed by atoms with Crippen LogP contribution in [0.1, 0.15) is 17.3 Å². The highest BCUT2D eigenvalue weighted by atomic mass is 35.5. The van der Waals surface area contributed by atoms with E-state index in [1.54, 1.807) is 55.5 Å². The number of aromatic nitrogens is 2. The summed E-state index contributed by atoms with van der Waals surface area (Å²) >= 11 is 5.79. The zero-order valence-corrected chi connectivity index (χ0v) is 14.9. The van der Waals surface area contributed by atoms with Crippen LogP contribution in [0.25, 0.3) is 11.4 Å². The zero-order valence-electron chi connectivity index (χ0n) is 14.2. The van der Waals surface area contributed by atoms with Crippen molar-refractivity contribution in [3.63, 3.8) is 0 Å². The smallest absolute Gasteiger partial charge is 0.341 e. The molecule has 3 N–H and O–H groups in total. The summed E-state index contributed by atoms with van der Waals surface area (Å²) in [7, 11) is 0. The van der Waals surface area contributed by atoms with Gasteiger partial charge in [0.25, 0.3) is 5.91 Å². The van der Waals surface area contributed by atoms with Crippen molar-refractivity contribution >= 4 is 29.1 Å². The van der Waals surface area contributed by atoms with Crippen LogP contribution in [0.4, 0.5) is 5.69 Å². The van der Waals surface area contributed by atoms with Crippen LogP contribution in [0.2, 0.25) is 5.02 Å². The van der Waals surface area contributed by atoms with Gasteiger partial charge in [-0.3, -0.25) is 19.1 Å². The van der Waals surface area contributed by atoms with Gasteiger partial charge < -0.3 is 10.6 Å². The Balaban J connectivity index is 1.60. The molecule has 3 rings (SSSR count). The number of nitrogens with one attached hydrogen (secondary N) is 3. The van der Waals surface area contributed by atoms with Crippen LogP contribution in [0.5, 0.6) is 0 Å². The fraction of sp³-hybridized carbons (Fsp3) is 0.111. The molecule has 138 valence electrons. The van der Waals surface area contributed by atoms with E-state index >= 15 is 0 Å². The molecule has 2 amide bonds. The first-order valence-corrected chi connectivity index (χ1v) is 8.34. The number of carbonyl (C=O) groups is 2. The Kier molecular flexibility index (Phi) is 5.37. The number of anilines is 1. The molecule has 3 aromatic rings. The summed E-state index contributed by atoms with van der Waals surface area (Å²) in [5, 5.41) is 9.43. The lowest BCUT2D eigenvalue weighted by Gasteiger charge is -2.14. The summed E-state index contributed by atoms with van der Waals surface area (Å²) in [6, 6.07) is 12.2. The number of H-pyrrole nitrogens is 1. The Hall–Kier alpha value is -3.39. The fourth-order valence-corrected chi connectivity index (χ4v) is 2.39. The lowest BCUT2D eigenvalue weighted by atomic mass is 10.2. The highest BCUT2D eigenvalue weighted by Crippen LogP contribution is 2.17. The molecule has 0 saturated heterocycles. The lowest BCUT2D eigenvalue weighted by Crippen LogP contribution is -2.41. The summed E-state index contributed by atoms with van der Waals surface area (Å²) in [6.45, 7) is 1.58. The van der Waals surface area contributed by atoms with E-state index in [1.807, 2.05) is 0 Å². The molecule has 27 heavy (non-hydrogen) atoms. The summed E-state index contributed by atoms with van der Waals surface area (Å²) in [6.07, 6.45) is 0. The van der Waals surface area contributed by atoms with Crippen molar-refractivity contribution in [1.82, 2.24) is 15.5 Å². The standard InChI is InChI=1S/C18H15ClN4O4/c1-10(20-17(25)12-2-6-13(19)7-3-12)16(24)21-14-8-4-11(5-9-14)15-22-18(26)27-23-15/h2-10H,1H3,(H,20,25)(H,21,24)(H,22,23,26)/t10-/m1/s1. The van der Waals surface area contributed by atoms with Gasteiger partial charge in [0.15, 0.2) is 5.82 Å². The van der Waals surface area contributed by atoms with Gasteiger partial charge in [0, 0.05) is 21.8 Å². The van der Waals surface area contributed by atoms with Crippen molar-refractivity contribution in [3.8, 4) is 11.4 Å². The second kappa shape index (κ2) is 7.88. The molecule has 1 aromatic heterocycles. The Morgan fingerprint density at radius 3 is 2.37 bits per heavy atom. The van der Waals surface area contributed by atoms with Gasteiger partial charge in [0.2, 0.25) is 5.91 Å². The maximum Gasteiger partial charge on any atom is 0.439 e. The number of hydrogen-bond donors (Lipinski definition) is 3. The van der Waals surface area contributed by atoms with Crippen LogP contribution in [0, 0.1) is 0 Å². The number of halogens is 1. The SMILES string of the molecule is C[C@@H](NC(=O)c1ccc(Cl)cc1)C(=O)Nc1ccc(-c2noc(=O)[nH]2)cc1. The molecule has 0 bridgehead atoms. The Morgan fingerprint density at radius 1 is 1.11 bits per heavy atom. The van der Waals surface area contributed by atoms with E-state index in [2.05, 4.69) is 25.3 Å². The monoisotopic (exact) mass is 386 g/mol. The number of benzene rings is 2. The second-order valence-corrected chi connectivity index (χ2v) is 6.15. The van der Waals surface area contributed by atoms with Gasteiger partial charge in [-0.2, -0.15) is 0 Å². The van der Waals surface area contributed by atoms with E-state index in [0.717, 1.165) is 0 Å². The molecule has 0 fully saturated rings. The van der Waals surface area contributed by atoms with Gasteiger partial charge in [-0.1, -0.05) is 16.8 Å². The molecule has 0 saturated carbocycles. The summed E-state index contributed by atoms with van der Waals surface area (Å²) in [4.78, 5) is 37.8. The van der Waals surface area contributed by atoms with E-state index in [0.29, 0.717) is 27.7 Å². The molecule has 1 atom stereocenters. The summed E-state index contributed by atoms with van der Waals surface area (Å²) < 4.78 is 4.45. The van der Waals surface area contributed by atoms with Crippen LogP contribution >= 0.6 is 11.6 Å². The number of aromatic amines is 1. The number of carbonyl (C=O) groups excluding carboxylic acids is 2. The third-order valence-electron chi connectivity index (χ3n) is 3.71. The minimum atomic E-state index is -0.750. The molecule has 0 unspecified atom stereocenters. The number of hydrogen-bond acceptors (Lipinski definition) is 5. The molecule has 0 aliphatic carbocycles. The molecule has 2 aromatic carbocycles. The molecule has 9 heteroatoms. The highest BCUT2D eigenvalue weighted by molar-refractivity contribution is 6.30. The third kappa shape index (κ3) is 4.62. The minimum absolute atomic E-state index is 0.293. The topological polar surface area (TPSA) is 117 Å². The molecule has 0 radical (unpaired) electrons. The van der Waals surface area contributed by atoms with Gasteiger partial charge in [-0.15, -0.1) is 0 Å². The maximum absolute atomic E-state index is 12.3. The van der Waals surface area contributed by atoms with E-state index in [1.165, 1.54) is 0 Å². The molecule has 0 aliphatic heterocycles. The number of nitrogens with zero attached hydrogens (tertiary/aromatic N) is 1. The average molecular weight is 387 g/mol. The first-order chi connectivity index (χ1) is 12.9. The highest BCUT2D eigenvalue weighted by Gasteiger charge is 2.17. The van der Waals surface area contributed by atoms with Gasteiger partial charge in [-0.05, 0) is 55.5 Å². The van der Waals surface area contributed by atoms with Crippen LogP contribution in [-0.4, -0.2) is 28.0 Å². The van der Waals surface area contributed by atoms with Gasteiger partial charge >= 0.3 is 5.76 Å². The van der Waals surface area contributed by atoms with Crippen molar-refractivity contribution in [3.05, 3.63) is 69.7 Å².